The first-order chi connectivity index (χ1) is 7.91. The van der Waals surface area contributed by atoms with Crippen LogP contribution >= 0.6 is 0 Å². The van der Waals surface area contributed by atoms with E-state index in [0.29, 0.717) is 29.8 Å². The van der Waals surface area contributed by atoms with Gasteiger partial charge in [0.05, 0.1) is 4.90 Å². The van der Waals surface area contributed by atoms with Gasteiger partial charge >= 0.3 is 0 Å². The molecule has 2 rings (SSSR count). The highest BCUT2D eigenvalue weighted by Gasteiger charge is 2.34. The molecule has 4 heteroatoms. The van der Waals surface area contributed by atoms with Crippen molar-refractivity contribution < 1.29 is 8.42 Å². The summed E-state index contributed by atoms with van der Waals surface area (Å²) in [4.78, 5) is 0.407. The molecule has 0 unspecified atom stereocenters. The second-order valence-electron chi connectivity index (χ2n) is 5.09. The van der Waals surface area contributed by atoms with Crippen molar-refractivity contribution in [2.45, 2.75) is 25.7 Å². The molecule has 1 aliphatic rings. The van der Waals surface area contributed by atoms with Gasteiger partial charge < -0.3 is 0 Å². The van der Waals surface area contributed by atoms with Gasteiger partial charge in [0, 0.05) is 13.1 Å². The van der Waals surface area contributed by atoms with Crippen molar-refractivity contribution in [3.63, 3.8) is 0 Å². The molecular weight excluding hydrogens is 234 g/mol. The summed E-state index contributed by atoms with van der Waals surface area (Å²) in [5.41, 5.74) is 1.08. The summed E-state index contributed by atoms with van der Waals surface area (Å²) in [6.07, 6.45) is 0. The Morgan fingerprint density at radius 1 is 1.06 bits per heavy atom. The van der Waals surface area contributed by atoms with Gasteiger partial charge in [0.15, 0.2) is 0 Å². The van der Waals surface area contributed by atoms with Crippen LogP contribution in [-0.4, -0.2) is 25.8 Å². The minimum Gasteiger partial charge on any atom is -0.207 e. The SMILES string of the molecule is Cc1ccc(S(=O)(=O)N2C[C@@H](C)[C@H](C)C2)cc1. The molecular formula is C13H19NO2S. The second kappa shape index (κ2) is 4.42. The van der Waals surface area contributed by atoms with E-state index in [9.17, 15) is 8.42 Å². The highest BCUT2D eigenvalue weighted by atomic mass is 32.2. The number of hydrogen-bond donors (Lipinski definition) is 0. The quantitative estimate of drug-likeness (QED) is 0.811. The zero-order chi connectivity index (χ0) is 12.6. The van der Waals surface area contributed by atoms with E-state index < -0.39 is 10.0 Å². The summed E-state index contributed by atoms with van der Waals surface area (Å²) >= 11 is 0. The van der Waals surface area contributed by atoms with Crippen LogP contribution in [0.1, 0.15) is 19.4 Å². The first kappa shape index (κ1) is 12.6. The highest BCUT2D eigenvalue weighted by molar-refractivity contribution is 7.89. The molecule has 3 nitrogen and oxygen atoms in total. The van der Waals surface area contributed by atoms with Crippen molar-refractivity contribution in [3.05, 3.63) is 29.8 Å². The zero-order valence-corrected chi connectivity index (χ0v) is 11.4. The molecule has 0 N–H and O–H groups in total. The Labute approximate surface area is 104 Å². The second-order valence-corrected chi connectivity index (χ2v) is 7.03. The first-order valence-electron chi connectivity index (χ1n) is 5.98. The molecule has 1 aromatic rings. The zero-order valence-electron chi connectivity index (χ0n) is 10.6. The molecule has 0 aliphatic carbocycles. The third-order valence-electron chi connectivity index (χ3n) is 3.61. The topological polar surface area (TPSA) is 37.4 Å². The molecule has 17 heavy (non-hydrogen) atoms. The molecule has 1 fully saturated rings. The highest BCUT2D eigenvalue weighted by Crippen LogP contribution is 2.27. The van der Waals surface area contributed by atoms with Crippen LogP contribution in [0.25, 0.3) is 0 Å². The molecule has 0 radical (unpaired) electrons. The summed E-state index contributed by atoms with van der Waals surface area (Å²) in [6, 6.07) is 7.07. The van der Waals surface area contributed by atoms with Gasteiger partial charge in [-0.05, 0) is 30.9 Å². The number of nitrogens with zero attached hydrogens (tertiary/aromatic N) is 1. The van der Waals surface area contributed by atoms with Gasteiger partial charge in [-0.25, -0.2) is 8.42 Å². The van der Waals surface area contributed by atoms with Crippen molar-refractivity contribution in [2.75, 3.05) is 13.1 Å². The minimum atomic E-state index is -3.29. The summed E-state index contributed by atoms with van der Waals surface area (Å²) in [5.74, 6) is 0.880. The van der Waals surface area contributed by atoms with E-state index in [0.717, 1.165) is 5.56 Å². The number of benzene rings is 1. The average Bonchev–Trinajstić information content (AvgIpc) is 2.60. The lowest BCUT2D eigenvalue weighted by molar-refractivity contribution is 0.463. The van der Waals surface area contributed by atoms with Crippen LogP contribution in [0.2, 0.25) is 0 Å². The van der Waals surface area contributed by atoms with E-state index in [2.05, 4.69) is 13.8 Å². The monoisotopic (exact) mass is 253 g/mol. The van der Waals surface area contributed by atoms with Crippen LogP contribution in [0.3, 0.4) is 0 Å². The van der Waals surface area contributed by atoms with Gasteiger partial charge in [-0.3, -0.25) is 0 Å². The van der Waals surface area contributed by atoms with E-state index in [1.165, 1.54) is 0 Å². The van der Waals surface area contributed by atoms with Gasteiger partial charge in [0.2, 0.25) is 10.0 Å². The van der Waals surface area contributed by atoms with Crippen LogP contribution in [0.4, 0.5) is 0 Å². The molecule has 1 aromatic carbocycles. The van der Waals surface area contributed by atoms with Crippen molar-refractivity contribution in [1.82, 2.24) is 4.31 Å². The van der Waals surface area contributed by atoms with E-state index in [1.54, 1.807) is 16.4 Å². The van der Waals surface area contributed by atoms with E-state index in [-0.39, 0.29) is 0 Å². The lowest BCUT2D eigenvalue weighted by Crippen LogP contribution is -2.29. The van der Waals surface area contributed by atoms with Crippen LogP contribution in [0, 0.1) is 18.8 Å². The Hall–Kier alpha value is -0.870. The first-order valence-corrected chi connectivity index (χ1v) is 7.42. The van der Waals surface area contributed by atoms with E-state index in [1.807, 2.05) is 19.1 Å². The van der Waals surface area contributed by atoms with Crippen LogP contribution < -0.4 is 0 Å². The molecule has 0 aromatic heterocycles. The average molecular weight is 253 g/mol. The van der Waals surface area contributed by atoms with E-state index >= 15 is 0 Å². The number of rotatable bonds is 2. The number of hydrogen-bond acceptors (Lipinski definition) is 2. The summed E-state index contributed by atoms with van der Waals surface area (Å²) in [7, 11) is -3.29. The fourth-order valence-electron chi connectivity index (χ4n) is 2.13. The fraction of sp³-hybridized carbons (Fsp3) is 0.538. The smallest absolute Gasteiger partial charge is 0.207 e. The molecule has 0 amide bonds. The van der Waals surface area contributed by atoms with Crippen molar-refractivity contribution in [3.8, 4) is 0 Å². The minimum absolute atomic E-state index is 0.407. The Balaban J connectivity index is 2.28. The summed E-state index contributed by atoms with van der Waals surface area (Å²) in [5, 5.41) is 0. The lowest BCUT2D eigenvalue weighted by Gasteiger charge is -2.16. The Morgan fingerprint density at radius 3 is 2.00 bits per heavy atom. The summed E-state index contributed by atoms with van der Waals surface area (Å²) < 4.78 is 26.3. The van der Waals surface area contributed by atoms with Gasteiger partial charge in [0.1, 0.15) is 0 Å². The molecule has 1 aliphatic heterocycles. The maximum Gasteiger partial charge on any atom is 0.243 e. The van der Waals surface area contributed by atoms with Crippen LogP contribution in [0.5, 0.6) is 0 Å². The normalized spacial score (nSPS) is 26.3. The van der Waals surface area contributed by atoms with Crippen molar-refractivity contribution >= 4 is 10.0 Å². The Kier molecular flexibility index (Phi) is 3.27. The molecule has 1 saturated heterocycles. The third kappa shape index (κ3) is 2.38. The molecule has 0 bridgehead atoms. The standard InChI is InChI=1S/C13H19NO2S/c1-10-4-6-13(7-5-10)17(15,16)14-8-11(2)12(3)9-14/h4-7,11-12H,8-9H2,1-3H3/t11-,12-/m1/s1. The van der Waals surface area contributed by atoms with Gasteiger partial charge in [-0.2, -0.15) is 4.31 Å². The fourth-order valence-corrected chi connectivity index (χ4v) is 3.77. The Morgan fingerprint density at radius 2 is 1.53 bits per heavy atom. The maximum atomic E-state index is 12.4. The summed E-state index contributed by atoms with van der Waals surface area (Å²) in [6.45, 7) is 7.44. The van der Waals surface area contributed by atoms with E-state index in [4.69, 9.17) is 0 Å². The number of aryl methyl sites for hydroxylation is 1. The number of sulfonamides is 1. The lowest BCUT2D eigenvalue weighted by atomic mass is 10.0. The van der Waals surface area contributed by atoms with Gasteiger partial charge in [-0.15, -0.1) is 0 Å². The largest absolute Gasteiger partial charge is 0.243 e. The molecule has 1 heterocycles. The molecule has 0 spiro atoms. The third-order valence-corrected chi connectivity index (χ3v) is 5.46. The maximum absolute atomic E-state index is 12.4. The Bertz CT molecular complexity index is 483. The van der Waals surface area contributed by atoms with Gasteiger partial charge in [0.25, 0.3) is 0 Å². The predicted octanol–water partition coefficient (Wildman–Crippen LogP) is 2.27. The van der Waals surface area contributed by atoms with Crippen LogP contribution in [-0.2, 0) is 10.0 Å². The van der Waals surface area contributed by atoms with Crippen molar-refractivity contribution in [2.24, 2.45) is 11.8 Å². The molecule has 0 saturated carbocycles. The predicted molar refractivity (Wildman–Crippen MR) is 68.3 cm³/mol. The molecule has 2 atom stereocenters. The van der Waals surface area contributed by atoms with Crippen molar-refractivity contribution in [1.29, 1.82) is 0 Å². The van der Waals surface area contributed by atoms with Gasteiger partial charge in [-0.1, -0.05) is 31.5 Å². The molecule has 94 valence electrons. The van der Waals surface area contributed by atoms with Crippen LogP contribution in [0.15, 0.2) is 29.2 Å².